The topological polar surface area (TPSA) is 72.8 Å². The number of carboxylic acids is 1. The minimum atomic E-state index is -1.16. The van der Waals surface area contributed by atoms with Crippen molar-refractivity contribution in [1.29, 1.82) is 0 Å². The highest BCUT2D eigenvalue weighted by Crippen LogP contribution is 2.26. The van der Waals surface area contributed by atoms with Gasteiger partial charge in [-0.3, -0.25) is 0 Å². The lowest BCUT2D eigenvalue weighted by Gasteiger charge is -2.10. The Hall–Kier alpha value is -2.34. The van der Waals surface area contributed by atoms with Crippen LogP contribution in [-0.2, 0) is 11.2 Å². The molecule has 0 atom stereocenters. The molecule has 0 saturated carbocycles. The number of carbonyl (C=O) groups is 2. The minimum Gasteiger partial charge on any atom is -0.481 e. The number of halogens is 1. The van der Waals surface area contributed by atoms with Crippen LogP contribution in [0.1, 0.15) is 22.8 Å². The molecule has 2 aromatic rings. The average Bonchev–Trinajstić information content (AvgIpc) is 2.54. The lowest BCUT2D eigenvalue weighted by Crippen LogP contribution is -2.19. The summed E-state index contributed by atoms with van der Waals surface area (Å²) in [6.45, 7) is 1.72. The molecular weight excluding hydrogens is 364 g/mol. The van der Waals surface area contributed by atoms with Crippen LogP contribution in [0.2, 0.25) is 0 Å². The average molecular weight is 379 g/mol. The summed E-state index contributed by atoms with van der Waals surface area (Å²) in [6, 6.07) is 11.5. The number of para-hydroxylation sites is 1. The van der Waals surface area contributed by atoms with E-state index in [0.717, 1.165) is 16.5 Å². The Kier molecular flexibility index (Phi) is 5.76. The van der Waals surface area contributed by atoms with Crippen LogP contribution < -0.4 is 9.47 Å². The van der Waals surface area contributed by atoms with E-state index in [1.165, 1.54) is 12.1 Å². The van der Waals surface area contributed by atoms with Crippen LogP contribution in [0.5, 0.6) is 11.5 Å². The van der Waals surface area contributed by atoms with Crippen molar-refractivity contribution in [2.24, 2.45) is 0 Å². The van der Waals surface area contributed by atoms with E-state index >= 15 is 0 Å². The summed E-state index contributed by atoms with van der Waals surface area (Å²) in [5.74, 6) is -1.32. The fourth-order valence-corrected chi connectivity index (χ4v) is 2.44. The number of carbonyl (C=O) groups excluding carboxylic acids is 1. The number of hydrogen-bond donors (Lipinski definition) is 1. The Morgan fingerprint density at radius 1 is 1.13 bits per heavy atom. The molecule has 0 heterocycles. The molecule has 5 nitrogen and oxygen atoms in total. The molecule has 6 heteroatoms. The van der Waals surface area contributed by atoms with Crippen LogP contribution in [0.15, 0.2) is 46.9 Å². The maximum absolute atomic E-state index is 11.8. The van der Waals surface area contributed by atoms with Gasteiger partial charge >= 0.3 is 11.9 Å². The number of carboxylic acid groups (broad SMARTS) is 1. The van der Waals surface area contributed by atoms with Gasteiger partial charge in [0, 0.05) is 0 Å². The SMILES string of the molecule is CCc1ccc(OCC(=O)Oc2ccccc2C(=O)O)c(Br)c1. The molecule has 2 rings (SSSR count). The molecule has 0 fully saturated rings. The molecule has 0 aromatic heterocycles. The highest BCUT2D eigenvalue weighted by molar-refractivity contribution is 9.10. The molecule has 0 spiro atoms. The van der Waals surface area contributed by atoms with Crippen LogP contribution in [-0.4, -0.2) is 23.7 Å². The number of ether oxygens (including phenoxy) is 2. The van der Waals surface area contributed by atoms with Gasteiger partial charge in [-0.05, 0) is 52.2 Å². The first-order chi connectivity index (χ1) is 11.0. The van der Waals surface area contributed by atoms with Crippen molar-refractivity contribution in [3.8, 4) is 11.5 Å². The maximum Gasteiger partial charge on any atom is 0.349 e. The molecule has 0 aliphatic heterocycles. The number of aromatic carboxylic acids is 1. The van der Waals surface area contributed by atoms with E-state index in [-0.39, 0.29) is 17.9 Å². The summed E-state index contributed by atoms with van der Waals surface area (Å²) in [4.78, 5) is 22.9. The van der Waals surface area contributed by atoms with Crippen molar-refractivity contribution in [1.82, 2.24) is 0 Å². The van der Waals surface area contributed by atoms with Crippen molar-refractivity contribution in [3.05, 3.63) is 58.1 Å². The second-order valence-electron chi connectivity index (χ2n) is 4.68. The zero-order valence-electron chi connectivity index (χ0n) is 12.4. The predicted octanol–water partition coefficient (Wildman–Crippen LogP) is 3.69. The zero-order valence-corrected chi connectivity index (χ0v) is 14.0. The lowest BCUT2D eigenvalue weighted by molar-refractivity contribution is -0.136. The van der Waals surface area contributed by atoms with E-state index in [4.69, 9.17) is 14.6 Å². The molecule has 0 amide bonds. The van der Waals surface area contributed by atoms with Crippen molar-refractivity contribution in [3.63, 3.8) is 0 Å². The Morgan fingerprint density at radius 2 is 1.87 bits per heavy atom. The fourth-order valence-electron chi connectivity index (χ4n) is 1.90. The van der Waals surface area contributed by atoms with E-state index in [2.05, 4.69) is 15.9 Å². The van der Waals surface area contributed by atoms with E-state index in [9.17, 15) is 9.59 Å². The second kappa shape index (κ2) is 7.78. The van der Waals surface area contributed by atoms with Crippen molar-refractivity contribution >= 4 is 27.9 Å². The second-order valence-corrected chi connectivity index (χ2v) is 5.54. The smallest absolute Gasteiger partial charge is 0.349 e. The molecular formula is C17H15BrO5. The van der Waals surface area contributed by atoms with Crippen LogP contribution in [0.4, 0.5) is 0 Å². The summed E-state index contributed by atoms with van der Waals surface area (Å²) < 4.78 is 11.2. The maximum atomic E-state index is 11.8. The number of hydrogen-bond acceptors (Lipinski definition) is 4. The van der Waals surface area contributed by atoms with Gasteiger partial charge in [-0.2, -0.15) is 0 Å². The van der Waals surface area contributed by atoms with Gasteiger partial charge in [0.2, 0.25) is 0 Å². The van der Waals surface area contributed by atoms with E-state index in [0.29, 0.717) is 5.75 Å². The molecule has 0 bridgehead atoms. The molecule has 0 aliphatic rings. The van der Waals surface area contributed by atoms with Crippen molar-refractivity contribution in [2.45, 2.75) is 13.3 Å². The molecule has 1 N–H and O–H groups in total. The van der Waals surface area contributed by atoms with Crippen LogP contribution in [0, 0.1) is 0 Å². The fraction of sp³-hybridized carbons (Fsp3) is 0.176. The summed E-state index contributed by atoms with van der Waals surface area (Å²) in [6.07, 6.45) is 0.896. The molecule has 0 unspecified atom stereocenters. The van der Waals surface area contributed by atoms with Gasteiger partial charge in [-0.25, -0.2) is 9.59 Å². The Bertz CT molecular complexity index is 727. The van der Waals surface area contributed by atoms with Gasteiger partial charge in [0.25, 0.3) is 0 Å². The van der Waals surface area contributed by atoms with Gasteiger partial charge in [0.05, 0.1) is 4.47 Å². The Morgan fingerprint density at radius 3 is 2.52 bits per heavy atom. The summed E-state index contributed by atoms with van der Waals surface area (Å²) in [5.41, 5.74) is 1.07. The lowest BCUT2D eigenvalue weighted by atomic mass is 10.2. The minimum absolute atomic E-state index is 0.00556. The quantitative estimate of drug-likeness (QED) is 0.612. The van der Waals surface area contributed by atoms with Crippen molar-refractivity contribution in [2.75, 3.05) is 6.61 Å². The first kappa shape index (κ1) is 17.0. The monoisotopic (exact) mass is 378 g/mol. The number of benzene rings is 2. The van der Waals surface area contributed by atoms with E-state index < -0.39 is 11.9 Å². The van der Waals surface area contributed by atoms with Gasteiger partial charge in [0.15, 0.2) is 6.61 Å². The highest BCUT2D eigenvalue weighted by Gasteiger charge is 2.14. The highest BCUT2D eigenvalue weighted by atomic mass is 79.9. The normalized spacial score (nSPS) is 10.2. The first-order valence-corrected chi connectivity index (χ1v) is 7.74. The predicted molar refractivity (Wildman–Crippen MR) is 88.1 cm³/mol. The van der Waals surface area contributed by atoms with Gasteiger partial charge < -0.3 is 14.6 Å². The number of rotatable bonds is 6. The molecule has 0 saturated heterocycles. The molecule has 0 aliphatic carbocycles. The summed E-state index contributed by atoms with van der Waals surface area (Å²) in [7, 11) is 0. The van der Waals surface area contributed by atoms with Gasteiger partial charge in [-0.15, -0.1) is 0 Å². The third kappa shape index (κ3) is 4.56. The molecule has 2 aromatic carbocycles. The van der Waals surface area contributed by atoms with Crippen LogP contribution in [0.3, 0.4) is 0 Å². The van der Waals surface area contributed by atoms with Gasteiger partial charge in [0.1, 0.15) is 17.1 Å². The Balaban J connectivity index is 2.00. The molecule has 120 valence electrons. The zero-order chi connectivity index (χ0) is 16.8. The van der Waals surface area contributed by atoms with Crippen molar-refractivity contribution < 1.29 is 24.2 Å². The molecule has 23 heavy (non-hydrogen) atoms. The Labute approximate surface area is 142 Å². The first-order valence-electron chi connectivity index (χ1n) is 6.95. The number of aryl methyl sites for hydroxylation is 1. The van der Waals surface area contributed by atoms with Gasteiger partial charge in [-0.1, -0.05) is 25.1 Å². The molecule has 0 radical (unpaired) electrons. The number of esters is 1. The van der Waals surface area contributed by atoms with E-state index in [1.54, 1.807) is 18.2 Å². The van der Waals surface area contributed by atoms with Crippen LogP contribution in [0.25, 0.3) is 0 Å². The standard InChI is InChI=1S/C17H15BrO5/c1-2-11-7-8-15(13(18)9-11)22-10-16(19)23-14-6-4-3-5-12(14)17(20)21/h3-9H,2,10H2,1H3,(H,20,21). The van der Waals surface area contributed by atoms with Crippen LogP contribution >= 0.6 is 15.9 Å². The largest absolute Gasteiger partial charge is 0.481 e. The third-order valence-electron chi connectivity index (χ3n) is 3.09. The summed E-state index contributed by atoms with van der Waals surface area (Å²) in [5, 5.41) is 9.04. The van der Waals surface area contributed by atoms with E-state index in [1.807, 2.05) is 19.1 Å². The summed E-state index contributed by atoms with van der Waals surface area (Å²) >= 11 is 3.38. The third-order valence-corrected chi connectivity index (χ3v) is 3.71.